The van der Waals surface area contributed by atoms with Gasteiger partial charge in [0, 0.05) is 13.1 Å². The highest BCUT2D eigenvalue weighted by atomic mass is 32.2. The van der Waals surface area contributed by atoms with Crippen molar-refractivity contribution in [1.29, 1.82) is 0 Å². The van der Waals surface area contributed by atoms with Crippen molar-refractivity contribution >= 4 is 10.0 Å². The molecule has 5 heteroatoms. The molecule has 1 N–H and O–H groups in total. The maximum absolute atomic E-state index is 12.3. The first-order chi connectivity index (χ1) is 7.92. The average Bonchev–Trinajstić information content (AvgIpc) is 2.29. The Hall–Kier alpha value is -0.910. The summed E-state index contributed by atoms with van der Waals surface area (Å²) in [6.07, 6.45) is 1.34. The molecule has 1 aromatic rings. The van der Waals surface area contributed by atoms with Gasteiger partial charge in [-0.25, -0.2) is 8.42 Å². The van der Waals surface area contributed by atoms with Crippen molar-refractivity contribution in [1.82, 2.24) is 4.31 Å². The van der Waals surface area contributed by atoms with E-state index in [0.29, 0.717) is 19.4 Å². The summed E-state index contributed by atoms with van der Waals surface area (Å²) in [7, 11) is -3.46. The smallest absolute Gasteiger partial charge is 0.243 e. The standard InChI is InChI=1S/C12H17NO3S/c1-12(14)8-5-9-13(10-12)17(15,16)11-6-3-2-4-7-11/h2-4,6-7,14H,5,8-10H2,1H3. The lowest BCUT2D eigenvalue weighted by Gasteiger charge is -2.35. The molecule has 0 spiro atoms. The predicted octanol–water partition coefficient (Wildman–Crippen LogP) is 1.22. The summed E-state index contributed by atoms with van der Waals surface area (Å²) in [6, 6.07) is 8.35. The van der Waals surface area contributed by atoms with Crippen LogP contribution in [0.1, 0.15) is 19.8 Å². The largest absolute Gasteiger partial charge is 0.389 e. The molecular weight excluding hydrogens is 238 g/mol. The van der Waals surface area contributed by atoms with Crippen LogP contribution >= 0.6 is 0 Å². The number of β-amino-alcohol motifs (C(OH)–C–C–N with tert-alkyl or cyclic N) is 1. The number of piperidine rings is 1. The molecule has 1 saturated heterocycles. The van der Waals surface area contributed by atoms with Gasteiger partial charge in [-0.15, -0.1) is 0 Å². The monoisotopic (exact) mass is 255 g/mol. The predicted molar refractivity (Wildman–Crippen MR) is 65.1 cm³/mol. The van der Waals surface area contributed by atoms with E-state index in [2.05, 4.69) is 0 Å². The van der Waals surface area contributed by atoms with Crippen LogP contribution in [0.2, 0.25) is 0 Å². The zero-order chi connectivity index (χ0) is 12.5. The summed E-state index contributed by atoms with van der Waals surface area (Å²) >= 11 is 0. The van der Waals surface area contributed by atoms with Crippen LogP contribution in [0.15, 0.2) is 35.2 Å². The third-order valence-electron chi connectivity index (χ3n) is 3.02. The van der Waals surface area contributed by atoms with Gasteiger partial charge in [0.15, 0.2) is 0 Å². The Morgan fingerprint density at radius 1 is 1.29 bits per heavy atom. The second-order valence-corrected chi connectivity index (χ2v) is 6.69. The number of hydrogen-bond donors (Lipinski definition) is 1. The van der Waals surface area contributed by atoms with E-state index in [0.717, 1.165) is 0 Å². The van der Waals surface area contributed by atoms with Crippen LogP contribution in [-0.2, 0) is 10.0 Å². The SMILES string of the molecule is CC1(O)CCCN(S(=O)(=O)c2ccccc2)C1. The fourth-order valence-electron chi connectivity index (χ4n) is 2.12. The molecule has 0 aromatic heterocycles. The molecule has 1 atom stereocenters. The van der Waals surface area contributed by atoms with Gasteiger partial charge >= 0.3 is 0 Å². The van der Waals surface area contributed by atoms with Gasteiger partial charge < -0.3 is 5.11 Å². The molecule has 17 heavy (non-hydrogen) atoms. The van der Waals surface area contributed by atoms with Crippen LogP contribution in [0, 0.1) is 0 Å². The van der Waals surface area contributed by atoms with Gasteiger partial charge in [0.25, 0.3) is 0 Å². The highest BCUT2D eigenvalue weighted by molar-refractivity contribution is 7.89. The molecule has 1 aromatic carbocycles. The fourth-order valence-corrected chi connectivity index (χ4v) is 3.74. The lowest BCUT2D eigenvalue weighted by Crippen LogP contribution is -2.48. The van der Waals surface area contributed by atoms with Crippen molar-refractivity contribution in [2.75, 3.05) is 13.1 Å². The first-order valence-electron chi connectivity index (χ1n) is 5.69. The quantitative estimate of drug-likeness (QED) is 0.864. The minimum absolute atomic E-state index is 0.171. The van der Waals surface area contributed by atoms with Crippen LogP contribution in [0.25, 0.3) is 0 Å². The number of sulfonamides is 1. The lowest BCUT2D eigenvalue weighted by atomic mass is 9.97. The van der Waals surface area contributed by atoms with Gasteiger partial charge in [-0.2, -0.15) is 4.31 Å². The Morgan fingerprint density at radius 2 is 1.94 bits per heavy atom. The van der Waals surface area contributed by atoms with Crippen LogP contribution in [-0.4, -0.2) is 36.5 Å². The summed E-state index contributed by atoms with van der Waals surface area (Å²) in [5.74, 6) is 0. The van der Waals surface area contributed by atoms with E-state index in [4.69, 9.17) is 0 Å². The molecular formula is C12H17NO3S. The molecule has 2 rings (SSSR count). The molecule has 0 aliphatic carbocycles. The Morgan fingerprint density at radius 3 is 2.53 bits per heavy atom. The van der Waals surface area contributed by atoms with Crippen LogP contribution < -0.4 is 0 Å². The van der Waals surface area contributed by atoms with E-state index in [1.807, 2.05) is 0 Å². The molecule has 94 valence electrons. The van der Waals surface area contributed by atoms with Crippen molar-refractivity contribution in [2.45, 2.75) is 30.3 Å². The summed E-state index contributed by atoms with van der Waals surface area (Å²) in [6.45, 7) is 2.33. The molecule has 0 radical (unpaired) electrons. The number of rotatable bonds is 2. The minimum Gasteiger partial charge on any atom is -0.389 e. The highest BCUT2D eigenvalue weighted by Crippen LogP contribution is 2.25. The lowest BCUT2D eigenvalue weighted by molar-refractivity contribution is 0.00940. The number of hydrogen-bond acceptors (Lipinski definition) is 3. The Balaban J connectivity index is 2.28. The Bertz CT molecular complexity index is 482. The maximum atomic E-state index is 12.3. The summed E-state index contributed by atoms with van der Waals surface area (Å²) in [4.78, 5) is 0.290. The summed E-state index contributed by atoms with van der Waals surface area (Å²) in [5, 5.41) is 9.95. The molecule has 0 amide bonds. The molecule has 1 aliphatic heterocycles. The molecule has 1 heterocycles. The first-order valence-corrected chi connectivity index (χ1v) is 7.13. The van der Waals surface area contributed by atoms with Crippen LogP contribution in [0.5, 0.6) is 0 Å². The van der Waals surface area contributed by atoms with Gasteiger partial charge in [0.1, 0.15) is 0 Å². The molecule has 4 nitrogen and oxygen atoms in total. The van der Waals surface area contributed by atoms with Gasteiger partial charge in [0.05, 0.1) is 10.5 Å². The first kappa shape index (κ1) is 12.5. The molecule has 0 saturated carbocycles. The summed E-state index contributed by atoms with van der Waals surface area (Å²) < 4.78 is 25.9. The van der Waals surface area contributed by atoms with E-state index >= 15 is 0 Å². The van der Waals surface area contributed by atoms with E-state index in [1.165, 1.54) is 4.31 Å². The van der Waals surface area contributed by atoms with Gasteiger partial charge in [-0.3, -0.25) is 0 Å². The zero-order valence-electron chi connectivity index (χ0n) is 9.83. The number of nitrogens with zero attached hydrogens (tertiary/aromatic N) is 1. The fraction of sp³-hybridized carbons (Fsp3) is 0.500. The third-order valence-corrected chi connectivity index (χ3v) is 4.88. The Kier molecular flexibility index (Phi) is 3.25. The second-order valence-electron chi connectivity index (χ2n) is 4.75. The van der Waals surface area contributed by atoms with Crippen molar-refractivity contribution in [3.8, 4) is 0 Å². The molecule has 0 bridgehead atoms. The van der Waals surface area contributed by atoms with Crippen molar-refractivity contribution < 1.29 is 13.5 Å². The van der Waals surface area contributed by atoms with Crippen LogP contribution in [0.3, 0.4) is 0 Å². The number of aliphatic hydroxyl groups is 1. The number of benzene rings is 1. The zero-order valence-corrected chi connectivity index (χ0v) is 10.7. The topological polar surface area (TPSA) is 57.6 Å². The summed E-state index contributed by atoms with van der Waals surface area (Å²) in [5.41, 5.74) is -0.917. The average molecular weight is 255 g/mol. The van der Waals surface area contributed by atoms with Crippen LogP contribution in [0.4, 0.5) is 0 Å². The molecule has 1 aliphatic rings. The van der Waals surface area contributed by atoms with E-state index in [1.54, 1.807) is 37.3 Å². The second kappa shape index (κ2) is 4.40. The van der Waals surface area contributed by atoms with Gasteiger partial charge in [-0.1, -0.05) is 18.2 Å². The van der Waals surface area contributed by atoms with Crippen molar-refractivity contribution in [3.63, 3.8) is 0 Å². The van der Waals surface area contributed by atoms with E-state index in [9.17, 15) is 13.5 Å². The van der Waals surface area contributed by atoms with E-state index < -0.39 is 15.6 Å². The van der Waals surface area contributed by atoms with Crippen molar-refractivity contribution in [2.24, 2.45) is 0 Å². The Labute approximate surface area is 102 Å². The normalized spacial score (nSPS) is 26.9. The maximum Gasteiger partial charge on any atom is 0.243 e. The third kappa shape index (κ3) is 2.68. The van der Waals surface area contributed by atoms with Gasteiger partial charge in [-0.05, 0) is 31.9 Å². The molecule has 1 unspecified atom stereocenters. The molecule has 1 fully saturated rings. The minimum atomic E-state index is -3.46. The van der Waals surface area contributed by atoms with Gasteiger partial charge in [0.2, 0.25) is 10.0 Å². The van der Waals surface area contributed by atoms with Crippen molar-refractivity contribution in [3.05, 3.63) is 30.3 Å². The van der Waals surface area contributed by atoms with E-state index in [-0.39, 0.29) is 11.4 Å². The highest BCUT2D eigenvalue weighted by Gasteiger charge is 2.35.